The topological polar surface area (TPSA) is 56.7 Å². The zero-order chi connectivity index (χ0) is 33.0. The van der Waals surface area contributed by atoms with Gasteiger partial charge in [0.1, 0.15) is 5.58 Å². The maximum Gasteiger partial charge on any atom is 0.164 e. The molecule has 5 heteroatoms. The number of fused-ring (bicyclic) bond motifs is 6. The van der Waals surface area contributed by atoms with Gasteiger partial charge in [-0.25, -0.2) is 15.0 Å². The maximum atomic E-state index is 6.66. The van der Waals surface area contributed by atoms with E-state index in [1.165, 1.54) is 16.3 Å². The van der Waals surface area contributed by atoms with E-state index >= 15 is 0 Å². The molecule has 0 saturated heterocycles. The fourth-order valence-electron chi connectivity index (χ4n) is 7.07. The molecule has 10 rings (SSSR count). The lowest BCUT2D eigenvalue weighted by Crippen LogP contribution is -2.00. The van der Waals surface area contributed by atoms with E-state index in [-0.39, 0.29) is 0 Å². The predicted molar refractivity (Wildman–Crippen MR) is 203 cm³/mol. The van der Waals surface area contributed by atoms with Crippen molar-refractivity contribution in [3.05, 3.63) is 170 Å². The smallest absolute Gasteiger partial charge is 0.164 e. The first-order chi connectivity index (χ1) is 24.8. The maximum absolute atomic E-state index is 6.66. The van der Waals surface area contributed by atoms with Crippen LogP contribution in [0.2, 0.25) is 0 Å². The van der Waals surface area contributed by atoms with Crippen molar-refractivity contribution in [1.82, 2.24) is 19.5 Å². The van der Waals surface area contributed by atoms with Crippen LogP contribution in [0.5, 0.6) is 0 Å². The summed E-state index contributed by atoms with van der Waals surface area (Å²) in [4.78, 5) is 15.0. The highest BCUT2D eigenvalue weighted by molar-refractivity contribution is 6.13. The molecule has 0 saturated carbocycles. The molecular formula is C45H28N4O. The van der Waals surface area contributed by atoms with Crippen molar-refractivity contribution in [2.75, 3.05) is 0 Å². The number of hydrogen-bond acceptors (Lipinski definition) is 4. The highest BCUT2D eigenvalue weighted by Gasteiger charge is 2.19. The van der Waals surface area contributed by atoms with Crippen molar-refractivity contribution in [2.24, 2.45) is 0 Å². The first-order valence-corrected chi connectivity index (χ1v) is 16.7. The Labute approximate surface area is 287 Å². The Morgan fingerprint density at radius 3 is 1.50 bits per heavy atom. The van der Waals surface area contributed by atoms with Crippen LogP contribution in [0.1, 0.15) is 0 Å². The molecule has 0 spiro atoms. The minimum Gasteiger partial charge on any atom is -0.454 e. The minimum absolute atomic E-state index is 0.607. The summed E-state index contributed by atoms with van der Waals surface area (Å²) in [6.07, 6.45) is 0. The number of para-hydroxylation sites is 3. The summed E-state index contributed by atoms with van der Waals surface area (Å²) in [7, 11) is 0. The van der Waals surface area contributed by atoms with Crippen molar-refractivity contribution in [1.29, 1.82) is 0 Å². The number of benzene rings is 7. The van der Waals surface area contributed by atoms with Crippen molar-refractivity contribution in [3.63, 3.8) is 0 Å². The van der Waals surface area contributed by atoms with Crippen molar-refractivity contribution >= 4 is 43.7 Å². The second kappa shape index (κ2) is 11.4. The second-order valence-corrected chi connectivity index (χ2v) is 12.5. The number of furan rings is 1. The van der Waals surface area contributed by atoms with E-state index in [1.807, 2.05) is 48.5 Å². The van der Waals surface area contributed by atoms with Crippen molar-refractivity contribution in [2.45, 2.75) is 0 Å². The van der Waals surface area contributed by atoms with Crippen LogP contribution < -0.4 is 0 Å². The minimum atomic E-state index is 0.607. The largest absolute Gasteiger partial charge is 0.454 e. The van der Waals surface area contributed by atoms with E-state index in [1.54, 1.807) is 0 Å². The summed E-state index contributed by atoms with van der Waals surface area (Å²) in [6.45, 7) is 0. The van der Waals surface area contributed by atoms with Gasteiger partial charge >= 0.3 is 0 Å². The number of rotatable bonds is 5. The van der Waals surface area contributed by atoms with Gasteiger partial charge in [-0.3, -0.25) is 0 Å². The van der Waals surface area contributed by atoms with E-state index in [9.17, 15) is 0 Å². The van der Waals surface area contributed by atoms with Gasteiger partial charge < -0.3 is 8.98 Å². The van der Waals surface area contributed by atoms with E-state index in [0.29, 0.717) is 17.5 Å². The van der Waals surface area contributed by atoms with Gasteiger partial charge in [0.25, 0.3) is 0 Å². The lowest BCUT2D eigenvalue weighted by molar-refractivity contribution is 0.666. The van der Waals surface area contributed by atoms with E-state index in [2.05, 4.69) is 126 Å². The molecule has 0 aliphatic rings. The Kier molecular flexibility index (Phi) is 6.42. The van der Waals surface area contributed by atoms with Crippen LogP contribution in [0.15, 0.2) is 174 Å². The van der Waals surface area contributed by atoms with Gasteiger partial charge in [0.2, 0.25) is 0 Å². The molecule has 234 valence electrons. The highest BCUT2D eigenvalue weighted by atomic mass is 16.3. The quantitative estimate of drug-likeness (QED) is 0.188. The molecule has 10 aromatic rings. The van der Waals surface area contributed by atoms with E-state index in [4.69, 9.17) is 19.4 Å². The molecule has 0 aliphatic carbocycles. The Morgan fingerprint density at radius 2 is 0.840 bits per heavy atom. The molecule has 0 radical (unpaired) electrons. The summed E-state index contributed by atoms with van der Waals surface area (Å²) in [5, 5.41) is 4.48. The van der Waals surface area contributed by atoms with Gasteiger partial charge in [0, 0.05) is 38.2 Å². The average molecular weight is 641 g/mol. The SMILES string of the molecule is c1ccc(-c2ccc(-c3nc(-c4ccccc4)nc(-c4ccc5oc6c(-n7c8ccccc8c8ccccc87)cccc6c5c4)n3)cc2)cc1. The van der Waals surface area contributed by atoms with Gasteiger partial charge in [0.05, 0.1) is 16.7 Å². The first-order valence-electron chi connectivity index (χ1n) is 16.7. The van der Waals surface area contributed by atoms with Crippen LogP contribution in [-0.2, 0) is 0 Å². The van der Waals surface area contributed by atoms with Crippen LogP contribution in [0, 0.1) is 0 Å². The third kappa shape index (κ3) is 4.60. The Morgan fingerprint density at radius 1 is 0.360 bits per heavy atom. The summed E-state index contributed by atoms with van der Waals surface area (Å²) >= 11 is 0. The molecular weight excluding hydrogens is 613 g/mol. The second-order valence-electron chi connectivity index (χ2n) is 12.5. The Balaban J connectivity index is 1.13. The zero-order valence-corrected chi connectivity index (χ0v) is 26.9. The lowest BCUT2D eigenvalue weighted by atomic mass is 10.0. The molecule has 0 unspecified atom stereocenters. The van der Waals surface area contributed by atoms with Crippen LogP contribution in [-0.4, -0.2) is 19.5 Å². The zero-order valence-electron chi connectivity index (χ0n) is 26.9. The predicted octanol–water partition coefficient (Wildman–Crippen LogP) is 11.5. The highest BCUT2D eigenvalue weighted by Crippen LogP contribution is 2.39. The molecule has 7 aromatic carbocycles. The Bertz CT molecular complexity index is 2800. The number of hydrogen-bond donors (Lipinski definition) is 0. The molecule has 0 bridgehead atoms. The summed E-state index contributed by atoms with van der Waals surface area (Å²) in [5.41, 5.74) is 10.0. The van der Waals surface area contributed by atoms with Crippen LogP contribution in [0.25, 0.3) is 94.7 Å². The van der Waals surface area contributed by atoms with Gasteiger partial charge in [-0.05, 0) is 47.5 Å². The lowest BCUT2D eigenvalue weighted by Gasteiger charge is -2.09. The summed E-state index contributed by atoms with van der Waals surface area (Å²) in [6, 6.07) is 58.5. The number of nitrogens with zero attached hydrogens (tertiary/aromatic N) is 4. The molecule has 50 heavy (non-hydrogen) atoms. The van der Waals surface area contributed by atoms with Gasteiger partial charge in [-0.2, -0.15) is 0 Å². The van der Waals surface area contributed by atoms with E-state index in [0.717, 1.165) is 60.9 Å². The standard InChI is InChI=1S/C45H28N4O/c1-3-12-29(13-4-1)30-22-24-32(25-23-30)44-46-43(31-14-5-2-6-15-31)47-45(48-44)33-26-27-41-37(28-33)36-18-11-21-40(42(36)50-41)49-38-19-9-7-16-34(38)35-17-8-10-20-39(35)49/h1-28H. The molecule has 0 N–H and O–H groups in total. The average Bonchev–Trinajstić information content (AvgIpc) is 3.74. The van der Waals surface area contributed by atoms with Gasteiger partial charge in [0.15, 0.2) is 23.1 Å². The molecule has 0 atom stereocenters. The molecule has 5 nitrogen and oxygen atoms in total. The molecule has 3 heterocycles. The van der Waals surface area contributed by atoms with Gasteiger partial charge in [-0.1, -0.05) is 133 Å². The Hall–Kier alpha value is -6.85. The molecule has 0 fully saturated rings. The third-order valence-corrected chi connectivity index (χ3v) is 9.47. The summed E-state index contributed by atoms with van der Waals surface area (Å²) < 4.78 is 8.97. The monoisotopic (exact) mass is 640 g/mol. The molecule has 0 aliphatic heterocycles. The van der Waals surface area contributed by atoms with Gasteiger partial charge in [-0.15, -0.1) is 0 Å². The van der Waals surface area contributed by atoms with Crippen LogP contribution >= 0.6 is 0 Å². The van der Waals surface area contributed by atoms with Crippen LogP contribution in [0.3, 0.4) is 0 Å². The van der Waals surface area contributed by atoms with Crippen molar-refractivity contribution in [3.8, 4) is 51.0 Å². The third-order valence-electron chi connectivity index (χ3n) is 9.47. The molecule has 3 aromatic heterocycles. The number of aromatic nitrogens is 4. The van der Waals surface area contributed by atoms with E-state index < -0.39 is 0 Å². The molecule has 0 amide bonds. The first kappa shape index (κ1) is 28.2. The van der Waals surface area contributed by atoms with Crippen molar-refractivity contribution < 1.29 is 4.42 Å². The fourth-order valence-corrected chi connectivity index (χ4v) is 7.07. The summed E-state index contributed by atoms with van der Waals surface area (Å²) in [5.74, 6) is 1.86. The fraction of sp³-hybridized carbons (Fsp3) is 0. The normalized spacial score (nSPS) is 11.6. The van der Waals surface area contributed by atoms with Crippen LogP contribution in [0.4, 0.5) is 0 Å².